The molecule has 1 aliphatic heterocycles. The van der Waals surface area contributed by atoms with E-state index in [0.717, 1.165) is 11.3 Å². The summed E-state index contributed by atoms with van der Waals surface area (Å²) in [5.41, 5.74) is 1.62. The number of pyridine rings is 1. The van der Waals surface area contributed by atoms with E-state index < -0.39 is 5.92 Å². The molecule has 2 heterocycles. The summed E-state index contributed by atoms with van der Waals surface area (Å²) in [6.07, 6.45) is 13.1. The van der Waals surface area contributed by atoms with Crippen molar-refractivity contribution in [2.45, 2.75) is 38.0 Å². The van der Waals surface area contributed by atoms with E-state index in [1.165, 1.54) is 12.3 Å². The van der Waals surface area contributed by atoms with Crippen LogP contribution in [0.5, 0.6) is 0 Å². The summed E-state index contributed by atoms with van der Waals surface area (Å²) in [6, 6.07) is 5.65. The monoisotopic (exact) mass is 300 g/mol. The van der Waals surface area contributed by atoms with Crippen LogP contribution in [0.4, 0.5) is 8.78 Å². The van der Waals surface area contributed by atoms with Crippen molar-refractivity contribution < 1.29 is 8.78 Å². The number of unbranched alkanes of at least 4 members (excludes halogenated alkanes) is 1. The standard InChI is InChI=1S/C18H18F2N2/c1-2-3-5-11-18(19,20)17-10-7-8-15(14-22-17)13-16-9-4-6-12-21-16/h1,4,6,8-10,12,14H,3,5,7,11,13H2. The molecule has 0 atom stereocenters. The van der Waals surface area contributed by atoms with Crippen molar-refractivity contribution in [3.63, 3.8) is 0 Å². The molecule has 0 fully saturated rings. The van der Waals surface area contributed by atoms with Crippen molar-refractivity contribution in [1.82, 2.24) is 4.98 Å². The van der Waals surface area contributed by atoms with Crippen molar-refractivity contribution in [3.8, 4) is 12.3 Å². The van der Waals surface area contributed by atoms with E-state index in [0.29, 0.717) is 25.7 Å². The maximum atomic E-state index is 14.1. The first kappa shape index (κ1) is 16.1. The highest BCUT2D eigenvalue weighted by Crippen LogP contribution is 2.32. The lowest BCUT2D eigenvalue weighted by atomic mass is 10.1. The summed E-state index contributed by atoms with van der Waals surface area (Å²) >= 11 is 0. The third kappa shape index (κ3) is 4.63. The van der Waals surface area contributed by atoms with E-state index in [1.54, 1.807) is 6.20 Å². The van der Waals surface area contributed by atoms with E-state index in [9.17, 15) is 8.78 Å². The van der Waals surface area contributed by atoms with E-state index in [2.05, 4.69) is 15.9 Å². The number of halogens is 2. The fourth-order valence-corrected chi connectivity index (χ4v) is 2.19. The summed E-state index contributed by atoms with van der Waals surface area (Å²) in [4.78, 5) is 8.22. The van der Waals surface area contributed by atoms with Gasteiger partial charge in [0.05, 0.1) is 0 Å². The molecule has 1 aliphatic rings. The van der Waals surface area contributed by atoms with Gasteiger partial charge in [0.1, 0.15) is 5.70 Å². The minimum atomic E-state index is -2.93. The number of allylic oxidation sites excluding steroid dienone is 4. The molecule has 0 radical (unpaired) electrons. The largest absolute Gasteiger partial charge is 0.289 e. The Morgan fingerprint density at radius 3 is 2.86 bits per heavy atom. The maximum absolute atomic E-state index is 14.1. The van der Waals surface area contributed by atoms with Gasteiger partial charge in [-0.1, -0.05) is 18.2 Å². The number of nitrogens with zero attached hydrogens (tertiary/aromatic N) is 2. The Kier molecular flexibility index (Phi) is 5.60. The Bertz CT molecular complexity index is 622. The molecule has 2 nitrogen and oxygen atoms in total. The molecule has 4 heteroatoms. The molecule has 2 rings (SSSR count). The number of hydrogen-bond acceptors (Lipinski definition) is 2. The first-order chi connectivity index (χ1) is 10.6. The van der Waals surface area contributed by atoms with Crippen molar-refractivity contribution in [2.75, 3.05) is 0 Å². The summed E-state index contributed by atoms with van der Waals surface area (Å²) in [7, 11) is 0. The first-order valence-corrected chi connectivity index (χ1v) is 7.27. The Labute approximate surface area is 129 Å². The number of alkyl halides is 2. The van der Waals surface area contributed by atoms with Gasteiger partial charge in [-0.15, -0.1) is 12.3 Å². The Morgan fingerprint density at radius 1 is 1.27 bits per heavy atom. The van der Waals surface area contributed by atoms with E-state index in [4.69, 9.17) is 6.42 Å². The van der Waals surface area contributed by atoms with Crippen LogP contribution >= 0.6 is 0 Å². The van der Waals surface area contributed by atoms with Gasteiger partial charge in [-0.05, 0) is 30.5 Å². The van der Waals surface area contributed by atoms with Crippen LogP contribution in [0.1, 0.15) is 31.4 Å². The average Bonchev–Trinajstić information content (AvgIpc) is 2.75. The second-order valence-electron chi connectivity index (χ2n) is 5.12. The van der Waals surface area contributed by atoms with Crippen molar-refractivity contribution in [3.05, 3.63) is 53.5 Å². The molecule has 0 saturated heterocycles. The van der Waals surface area contributed by atoms with Crippen molar-refractivity contribution in [2.24, 2.45) is 4.99 Å². The molecular formula is C18H18F2N2. The average molecular weight is 300 g/mol. The third-order valence-electron chi connectivity index (χ3n) is 3.36. The lowest BCUT2D eigenvalue weighted by molar-refractivity contribution is 0.0293. The zero-order valence-electron chi connectivity index (χ0n) is 12.3. The van der Waals surface area contributed by atoms with Crippen LogP contribution in [0.25, 0.3) is 0 Å². The molecule has 0 aromatic carbocycles. The highest BCUT2D eigenvalue weighted by molar-refractivity contribution is 5.80. The molecule has 0 saturated carbocycles. The molecule has 0 unspecified atom stereocenters. The van der Waals surface area contributed by atoms with Gasteiger partial charge in [0.2, 0.25) is 0 Å². The van der Waals surface area contributed by atoms with Gasteiger partial charge in [-0.25, -0.2) is 0 Å². The lowest BCUT2D eigenvalue weighted by Gasteiger charge is -2.15. The summed E-state index contributed by atoms with van der Waals surface area (Å²) in [5.74, 6) is -0.547. The van der Waals surface area contributed by atoms with Crippen LogP contribution in [0.15, 0.2) is 52.8 Å². The van der Waals surface area contributed by atoms with E-state index >= 15 is 0 Å². The summed E-state index contributed by atoms with van der Waals surface area (Å²) in [5, 5.41) is 0. The summed E-state index contributed by atoms with van der Waals surface area (Å²) < 4.78 is 28.2. The highest BCUT2D eigenvalue weighted by Gasteiger charge is 2.33. The van der Waals surface area contributed by atoms with Crippen LogP contribution < -0.4 is 0 Å². The van der Waals surface area contributed by atoms with E-state index in [-0.39, 0.29) is 12.1 Å². The second kappa shape index (κ2) is 7.65. The van der Waals surface area contributed by atoms with Crippen molar-refractivity contribution in [1.29, 1.82) is 0 Å². The minimum absolute atomic E-state index is 0.170. The summed E-state index contributed by atoms with van der Waals surface area (Å²) in [6.45, 7) is 0. The van der Waals surface area contributed by atoms with Crippen LogP contribution in [-0.4, -0.2) is 17.1 Å². The number of aromatic nitrogens is 1. The zero-order valence-corrected chi connectivity index (χ0v) is 12.3. The maximum Gasteiger partial charge on any atom is 0.289 e. The second-order valence-corrected chi connectivity index (χ2v) is 5.12. The predicted octanol–water partition coefficient (Wildman–Crippen LogP) is 4.35. The van der Waals surface area contributed by atoms with Crippen LogP contribution in [0.2, 0.25) is 0 Å². The molecule has 1 aromatic rings. The molecule has 0 N–H and O–H groups in total. The Balaban J connectivity index is 2.00. The van der Waals surface area contributed by atoms with Gasteiger partial charge in [-0.3, -0.25) is 9.98 Å². The third-order valence-corrected chi connectivity index (χ3v) is 3.36. The lowest BCUT2D eigenvalue weighted by Crippen LogP contribution is -2.18. The molecule has 0 bridgehead atoms. The fraction of sp³-hybridized carbons (Fsp3) is 0.333. The normalized spacial score (nSPS) is 14.8. The SMILES string of the molecule is C#CCCCC(F)(F)C1=CCC=C(Cc2ccccn2)C=N1. The molecule has 0 aliphatic carbocycles. The quantitative estimate of drug-likeness (QED) is 0.566. The van der Waals surface area contributed by atoms with E-state index in [1.807, 2.05) is 24.3 Å². The number of terminal acetylenes is 1. The van der Waals surface area contributed by atoms with Crippen molar-refractivity contribution >= 4 is 6.21 Å². The van der Waals surface area contributed by atoms with Gasteiger partial charge < -0.3 is 0 Å². The van der Waals surface area contributed by atoms with Crippen LogP contribution in [0, 0.1) is 12.3 Å². The first-order valence-electron chi connectivity index (χ1n) is 7.27. The zero-order chi connectivity index (χ0) is 15.8. The van der Waals surface area contributed by atoms with Gasteiger partial charge >= 0.3 is 0 Å². The molecular weight excluding hydrogens is 282 g/mol. The molecule has 0 spiro atoms. The number of aliphatic imine (C=N–C) groups is 1. The van der Waals surface area contributed by atoms with Gasteiger partial charge in [0.25, 0.3) is 5.92 Å². The minimum Gasteiger partial charge on any atom is -0.261 e. The van der Waals surface area contributed by atoms with Gasteiger partial charge in [-0.2, -0.15) is 8.78 Å². The molecule has 114 valence electrons. The smallest absolute Gasteiger partial charge is 0.261 e. The molecule has 1 aromatic heterocycles. The van der Waals surface area contributed by atoms with Crippen LogP contribution in [0.3, 0.4) is 0 Å². The molecule has 0 amide bonds. The topological polar surface area (TPSA) is 25.2 Å². The fourth-order valence-electron chi connectivity index (χ4n) is 2.19. The van der Waals surface area contributed by atoms with Crippen LogP contribution in [-0.2, 0) is 6.42 Å². The predicted molar refractivity (Wildman–Crippen MR) is 84.8 cm³/mol. The highest BCUT2D eigenvalue weighted by atomic mass is 19.3. The molecule has 22 heavy (non-hydrogen) atoms. The number of rotatable bonds is 6. The number of hydrogen-bond donors (Lipinski definition) is 0. The Hall–Kier alpha value is -2.28. The van der Waals surface area contributed by atoms with Gasteiger partial charge in [0.15, 0.2) is 0 Å². The Morgan fingerprint density at radius 2 is 2.14 bits per heavy atom. The van der Waals surface area contributed by atoms with Gasteiger partial charge in [0, 0.05) is 37.4 Å².